The summed E-state index contributed by atoms with van der Waals surface area (Å²) in [6.45, 7) is 1.63. The average Bonchev–Trinajstić information content (AvgIpc) is 2.24. The Morgan fingerprint density at radius 1 is 1.44 bits per heavy atom. The number of aliphatic carboxylic acids is 1. The number of hydrogen-bond donors (Lipinski definition) is 3. The van der Waals surface area contributed by atoms with Gasteiger partial charge in [0.2, 0.25) is 0 Å². The maximum absolute atomic E-state index is 10.7. The molecule has 0 saturated carbocycles. The van der Waals surface area contributed by atoms with Crippen LogP contribution in [0.1, 0.15) is 12.5 Å². The van der Waals surface area contributed by atoms with Crippen LogP contribution in [-0.2, 0) is 16.2 Å². The number of carboxylic acid groups (broad SMARTS) is 1. The van der Waals surface area contributed by atoms with Crippen molar-refractivity contribution in [3.05, 3.63) is 35.9 Å². The van der Waals surface area contributed by atoms with Crippen molar-refractivity contribution in [2.45, 2.75) is 25.7 Å². The molecule has 0 aliphatic carbocycles. The van der Waals surface area contributed by atoms with Crippen LogP contribution in [0.3, 0.4) is 0 Å². The first-order valence-corrected chi connectivity index (χ1v) is 4.93. The van der Waals surface area contributed by atoms with Crippen molar-refractivity contribution in [3.8, 4) is 0 Å². The highest BCUT2D eigenvalue weighted by molar-refractivity contribution is 5.73. The highest BCUT2D eigenvalue weighted by atomic mass is 16.6. The van der Waals surface area contributed by atoms with Crippen molar-refractivity contribution in [1.82, 2.24) is 5.48 Å². The summed E-state index contributed by atoms with van der Waals surface area (Å²) in [4.78, 5) is 15.7. The molecule has 0 bridgehead atoms. The number of carboxylic acids is 1. The molecule has 5 nitrogen and oxygen atoms in total. The van der Waals surface area contributed by atoms with Gasteiger partial charge in [-0.3, -0.25) is 9.63 Å². The van der Waals surface area contributed by atoms with Gasteiger partial charge in [0.25, 0.3) is 0 Å². The second kappa shape index (κ2) is 6.22. The largest absolute Gasteiger partial charge is 0.480 e. The van der Waals surface area contributed by atoms with Crippen molar-refractivity contribution in [2.24, 2.45) is 0 Å². The average molecular weight is 225 g/mol. The van der Waals surface area contributed by atoms with E-state index in [1.54, 1.807) is 0 Å². The summed E-state index contributed by atoms with van der Waals surface area (Å²) in [5, 5.41) is 17.9. The second-order valence-corrected chi connectivity index (χ2v) is 3.45. The predicted molar refractivity (Wildman–Crippen MR) is 57.5 cm³/mol. The molecular weight excluding hydrogens is 210 g/mol. The van der Waals surface area contributed by atoms with Gasteiger partial charge in [0.15, 0.2) is 6.04 Å². The molecule has 0 aromatic heterocycles. The molecule has 0 radical (unpaired) electrons. The van der Waals surface area contributed by atoms with Gasteiger partial charge in [0.1, 0.15) is 0 Å². The lowest BCUT2D eigenvalue weighted by Crippen LogP contribution is -2.44. The number of carbonyl (C=O) groups is 1. The molecule has 0 spiro atoms. The number of nitrogens with one attached hydrogen (secondary N) is 1. The summed E-state index contributed by atoms with van der Waals surface area (Å²) >= 11 is 0. The molecule has 0 fully saturated rings. The molecule has 1 aromatic rings. The van der Waals surface area contributed by atoms with Crippen molar-refractivity contribution in [3.63, 3.8) is 0 Å². The monoisotopic (exact) mass is 225 g/mol. The Hall–Kier alpha value is -1.43. The minimum Gasteiger partial charge on any atom is -0.480 e. The van der Waals surface area contributed by atoms with Gasteiger partial charge in [-0.05, 0) is 12.5 Å². The van der Waals surface area contributed by atoms with Crippen molar-refractivity contribution >= 4 is 5.97 Å². The summed E-state index contributed by atoms with van der Waals surface area (Å²) in [6, 6.07) is 8.21. The van der Waals surface area contributed by atoms with Crippen molar-refractivity contribution < 1.29 is 19.8 Å². The molecule has 88 valence electrons. The summed E-state index contributed by atoms with van der Waals surface area (Å²) in [6.07, 6.45) is -1.02. The molecule has 2 unspecified atom stereocenters. The second-order valence-electron chi connectivity index (χ2n) is 3.45. The van der Waals surface area contributed by atoms with Crippen molar-refractivity contribution in [2.75, 3.05) is 0 Å². The van der Waals surface area contributed by atoms with Crippen LogP contribution < -0.4 is 5.48 Å². The van der Waals surface area contributed by atoms with Crippen molar-refractivity contribution in [1.29, 1.82) is 0 Å². The molecule has 2 atom stereocenters. The quantitative estimate of drug-likeness (QED) is 0.616. The number of aliphatic hydroxyl groups excluding tert-OH is 1. The van der Waals surface area contributed by atoms with E-state index >= 15 is 0 Å². The Kier molecular flexibility index (Phi) is 4.91. The Labute approximate surface area is 93.6 Å². The number of benzene rings is 1. The van der Waals surface area contributed by atoms with E-state index in [2.05, 4.69) is 5.48 Å². The van der Waals surface area contributed by atoms with Gasteiger partial charge >= 0.3 is 5.97 Å². The fourth-order valence-electron chi connectivity index (χ4n) is 1.14. The molecule has 0 heterocycles. The van der Waals surface area contributed by atoms with Gasteiger partial charge in [-0.1, -0.05) is 30.3 Å². The maximum Gasteiger partial charge on any atom is 0.325 e. The molecule has 0 aliphatic heterocycles. The molecule has 0 aliphatic rings. The Morgan fingerprint density at radius 2 is 2.06 bits per heavy atom. The molecule has 1 aromatic carbocycles. The number of rotatable bonds is 6. The van der Waals surface area contributed by atoms with Crippen LogP contribution in [0.15, 0.2) is 30.3 Å². The maximum atomic E-state index is 10.7. The first-order valence-electron chi connectivity index (χ1n) is 4.93. The fraction of sp³-hybridized carbons (Fsp3) is 0.364. The number of aliphatic hydroxyl groups is 1. The van der Waals surface area contributed by atoms with Crippen LogP contribution in [0, 0.1) is 0 Å². The van der Waals surface area contributed by atoms with Crippen LogP contribution in [0.25, 0.3) is 0 Å². The SMILES string of the molecule is CC(O)C(NOCc1ccccc1)C(=O)O. The third-order valence-corrected chi connectivity index (χ3v) is 2.04. The summed E-state index contributed by atoms with van der Waals surface area (Å²) < 4.78 is 0. The van der Waals surface area contributed by atoms with Crippen LogP contribution in [0.2, 0.25) is 0 Å². The number of hydrogen-bond acceptors (Lipinski definition) is 4. The third kappa shape index (κ3) is 3.98. The molecule has 5 heteroatoms. The van der Waals surface area contributed by atoms with Crippen LogP contribution in [0.4, 0.5) is 0 Å². The molecule has 1 rings (SSSR count). The van der Waals surface area contributed by atoms with E-state index in [0.717, 1.165) is 5.56 Å². The predicted octanol–water partition coefficient (Wildman–Crippen LogP) is 0.542. The summed E-state index contributed by atoms with van der Waals surface area (Å²) in [5.74, 6) is -1.15. The summed E-state index contributed by atoms with van der Waals surface area (Å²) in [7, 11) is 0. The van der Waals surface area contributed by atoms with Gasteiger partial charge < -0.3 is 10.2 Å². The van der Waals surface area contributed by atoms with Crippen LogP contribution >= 0.6 is 0 Å². The zero-order chi connectivity index (χ0) is 12.0. The van der Waals surface area contributed by atoms with E-state index in [4.69, 9.17) is 15.1 Å². The Bertz CT molecular complexity index is 326. The zero-order valence-corrected chi connectivity index (χ0v) is 8.96. The van der Waals surface area contributed by atoms with Gasteiger partial charge in [-0.2, -0.15) is 5.48 Å². The minimum atomic E-state index is -1.15. The summed E-state index contributed by atoms with van der Waals surface area (Å²) in [5.41, 5.74) is 3.24. The van der Waals surface area contributed by atoms with E-state index in [1.165, 1.54) is 6.92 Å². The molecule has 3 N–H and O–H groups in total. The molecular formula is C11H15NO4. The van der Waals surface area contributed by atoms with E-state index in [0.29, 0.717) is 0 Å². The van der Waals surface area contributed by atoms with E-state index < -0.39 is 18.1 Å². The van der Waals surface area contributed by atoms with Gasteiger partial charge in [-0.15, -0.1) is 0 Å². The van der Waals surface area contributed by atoms with Gasteiger partial charge in [0, 0.05) is 0 Å². The Balaban J connectivity index is 2.37. The first kappa shape index (κ1) is 12.6. The lowest BCUT2D eigenvalue weighted by Gasteiger charge is -2.16. The molecule has 16 heavy (non-hydrogen) atoms. The fourth-order valence-corrected chi connectivity index (χ4v) is 1.14. The Morgan fingerprint density at radius 3 is 2.56 bits per heavy atom. The van der Waals surface area contributed by atoms with E-state index in [9.17, 15) is 4.79 Å². The lowest BCUT2D eigenvalue weighted by atomic mass is 10.2. The lowest BCUT2D eigenvalue weighted by molar-refractivity contribution is -0.149. The van der Waals surface area contributed by atoms with E-state index in [1.807, 2.05) is 30.3 Å². The topological polar surface area (TPSA) is 78.8 Å². The third-order valence-electron chi connectivity index (χ3n) is 2.04. The van der Waals surface area contributed by atoms with E-state index in [-0.39, 0.29) is 6.61 Å². The van der Waals surface area contributed by atoms with Gasteiger partial charge in [-0.25, -0.2) is 0 Å². The molecule has 0 amide bonds. The number of hydroxylamine groups is 1. The smallest absolute Gasteiger partial charge is 0.325 e. The first-order chi connectivity index (χ1) is 7.61. The minimum absolute atomic E-state index is 0.247. The highest BCUT2D eigenvalue weighted by Crippen LogP contribution is 2.00. The van der Waals surface area contributed by atoms with Gasteiger partial charge in [0.05, 0.1) is 12.7 Å². The van der Waals surface area contributed by atoms with Crippen LogP contribution in [-0.4, -0.2) is 28.3 Å². The highest BCUT2D eigenvalue weighted by Gasteiger charge is 2.22. The standard InChI is InChI=1S/C11H15NO4/c1-8(13)10(11(14)15)12-16-7-9-5-3-2-4-6-9/h2-6,8,10,12-13H,7H2,1H3,(H,14,15). The normalized spacial score (nSPS) is 14.4. The molecule has 0 saturated heterocycles. The zero-order valence-electron chi connectivity index (χ0n) is 8.96. The van der Waals surface area contributed by atoms with Crippen LogP contribution in [0.5, 0.6) is 0 Å².